The first-order chi connectivity index (χ1) is 14.6. The van der Waals surface area contributed by atoms with Gasteiger partial charge in [0.25, 0.3) is 0 Å². The van der Waals surface area contributed by atoms with Crippen molar-refractivity contribution >= 4 is 23.3 Å². The minimum Gasteiger partial charge on any atom is -0.360 e. The van der Waals surface area contributed by atoms with Crippen LogP contribution in [-0.2, 0) is 11.3 Å². The Kier molecular flexibility index (Phi) is 5.65. The highest BCUT2D eigenvalue weighted by molar-refractivity contribution is 5.89. The summed E-state index contributed by atoms with van der Waals surface area (Å²) in [6.07, 6.45) is 1.74. The molecule has 3 amide bonds. The van der Waals surface area contributed by atoms with Crippen LogP contribution in [-0.4, -0.2) is 41.4 Å². The maximum absolute atomic E-state index is 12.3. The molecule has 1 saturated heterocycles. The third-order valence-electron chi connectivity index (χ3n) is 4.97. The minimum atomic E-state index is -0.277. The summed E-state index contributed by atoms with van der Waals surface area (Å²) in [5.41, 5.74) is 4.58. The summed E-state index contributed by atoms with van der Waals surface area (Å²) in [6, 6.07) is 17.1. The predicted octanol–water partition coefficient (Wildman–Crippen LogP) is 2.44. The van der Waals surface area contributed by atoms with Crippen LogP contribution in [0.1, 0.15) is 11.3 Å². The number of piperazine rings is 1. The molecule has 30 heavy (non-hydrogen) atoms. The van der Waals surface area contributed by atoms with Crippen LogP contribution in [0.25, 0.3) is 5.69 Å². The van der Waals surface area contributed by atoms with Gasteiger partial charge in [-0.25, -0.2) is 9.48 Å². The van der Waals surface area contributed by atoms with Crippen LogP contribution in [0.3, 0.4) is 0 Å². The summed E-state index contributed by atoms with van der Waals surface area (Å²) in [5.74, 6) is 0.0375. The third-order valence-corrected chi connectivity index (χ3v) is 4.97. The van der Waals surface area contributed by atoms with E-state index in [0.717, 1.165) is 29.2 Å². The van der Waals surface area contributed by atoms with E-state index in [2.05, 4.69) is 21.0 Å². The molecule has 4 rings (SSSR count). The first-order valence-corrected chi connectivity index (χ1v) is 9.85. The molecular formula is C22H24N6O2. The molecule has 3 aromatic rings. The van der Waals surface area contributed by atoms with Gasteiger partial charge in [-0.2, -0.15) is 5.10 Å². The van der Waals surface area contributed by atoms with Crippen molar-refractivity contribution in [3.05, 3.63) is 72.1 Å². The van der Waals surface area contributed by atoms with Gasteiger partial charge in [-0.05, 0) is 48.9 Å². The van der Waals surface area contributed by atoms with Gasteiger partial charge in [-0.1, -0.05) is 18.2 Å². The number of benzene rings is 2. The fourth-order valence-electron chi connectivity index (χ4n) is 3.40. The van der Waals surface area contributed by atoms with E-state index in [1.54, 1.807) is 6.20 Å². The number of anilines is 2. The standard InChI is InChI=1S/C22H24N6O2/c1-16-9-10-25-28(16)20-4-2-3-18(13-20)26-22(30)24-14-17-5-7-19(8-6-17)27-12-11-23-21(29)15-27/h2-10,13H,11-12,14-15H2,1H3,(H,23,29)(H2,24,26,30). The molecule has 2 heterocycles. The van der Waals surface area contributed by atoms with Crippen molar-refractivity contribution < 1.29 is 9.59 Å². The average molecular weight is 404 g/mol. The number of aryl methyl sites for hydroxylation is 1. The molecule has 2 aromatic carbocycles. The van der Waals surface area contributed by atoms with Crippen LogP contribution >= 0.6 is 0 Å². The van der Waals surface area contributed by atoms with Gasteiger partial charge in [0.2, 0.25) is 5.91 Å². The monoisotopic (exact) mass is 404 g/mol. The van der Waals surface area contributed by atoms with E-state index in [1.165, 1.54) is 0 Å². The molecule has 0 bridgehead atoms. The Balaban J connectivity index is 1.32. The van der Waals surface area contributed by atoms with E-state index in [1.807, 2.05) is 71.1 Å². The smallest absolute Gasteiger partial charge is 0.319 e. The molecule has 1 aliphatic rings. The molecule has 8 heteroatoms. The zero-order valence-corrected chi connectivity index (χ0v) is 16.8. The first-order valence-electron chi connectivity index (χ1n) is 9.85. The number of urea groups is 1. The van der Waals surface area contributed by atoms with E-state index in [0.29, 0.717) is 25.3 Å². The number of hydrogen-bond donors (Lipinski definition) is 3. The Morgan fingerprint density at radius 1 is 1.13 bits per heavy atom. The number of nitrogens with zero attached hydrogens (tertiary/aromatic N) is 3. The molecule has 8 nitrogen and oxygen atoms in total. The Morgan fingerprint density at radius 3 is 2.70 bits per heavy atom. The van der Waals surface area contributed by atoms with Gasteiger partial charge in [0.1, 0.15) is 0 Å². The quantitative estimate of drug-likeness (QED) is 0.609. The molecule has 1 aromatic heterocycles. The second kappa shape index (κ2) is 8.69. The molecule has 0 aliphatic carbocycles. The lowest BCUT2D eigenvalue weighted by Gasteiger charge is -2.28. The Bertz CT molecular complexity index is 1040. The summed E-state index contributed by atoms with van der Waals surface area (Å²) in [7, 11) is 0. The Labute approximate surface area is 174 Å². The molecule has 1 aliphatic heterocycles. The molecule has 0 unspecified atom stereocenters. The normalized spacial score (nSPS) is 13.6. The number of amides is 3. The van der Waals surface area contributed by atoms with Gasteiger partial charge in [0.15, 0.2) is 0 Å². The number of rotatable bonds is 5. The van der Waals surface area contributed by atoms with Crippen LogP contribution in [0.15, 0.2) is 60.8 Å². The predicted molar refractivity (Wildman–Crippen MR) is 116 cm³/mol. The van der Waals surface area contributed by atoms with Crippen molar-refractivity contribution in [2.24, 2.45) is 0 Å². The van der Waals surface area contributed by atoms with Crippen molar-refractivity contribution in [2.45, 2.75) is 13.5 Å². The van der Waals surface area contributed by atoms with E-state index in [9.17, 15) is 9.59 Å². The molecule has 3 N–H and O–H groups in total. The van der Waals surface area contributed by atoms with Crippen molar-refractivity contribution in [1.82, 2.24) is 20.4 Å². The van der Waals surface area contributed by atoms with Crippen molar-refractivity contribution in [1.29, 1.82) is 0 Å². The SMILES string of the molecule is Cc1ccnn1-c1cccc(NC(=O)NCc2ccc(N3CCNC(=O)C3)cc2)c1. The average Bonchev–Trinajstić information content (AvgIpc) is 3.19. The minimum absolute atomic E-state index is 0.0375. The second-order valence-corrected chi connectivity index (χ2v) is 7.18. The number of aromatic nitrogens is 2. The number of carbonyl (C=O) groups excluding carboxylic acids is 2. The summed E-state index contributed by atoms with van der Waals surface area (Å²) in [4.78, 5) is 25.9. The maximum atomic E-state index is 12.3. The third kappa shape index (κ3) is 4.60. The highest BCUT2D eigenvalue weighted by Crippen LogP contribution is 2.17. The maximum Gasteiger partial charge on any atom is 0.319 e. The highest BCUT2D eigenvalue weighted by Gasteiger charge is 2.16. The van der Waals surface area contributed by atoms with Crippen molar-refractivity contribution in [3.8, 4) is 5.69 Å². The van der Waals surface area contributed by atoms with Crippen LogP contribution in [0.5, 0.6) is 0 Å². The Morgan fingerprint density at radius 2 is 1.97 bits per heavy atom. The lowest BCUT2D eigenvalue weighted by atomic mass is 10.2. The van der Waals surface area contributed by atoms with E-state index in [-0.39, 0.29) is 11.9 Å². The fourth-order valence-corrected chi connectivity index (χ4v) is 3.40. The number of carbonyl (C=O) groups is 2. The van der Waals surface area contributed by atoms with Crippen LogP contribution in [0, 0.1) is 6.92 Å². The summed E-state index contributed by atoms with van der Waals surface area (Å²) >= 11 is 0. The highest BCUT2D eigenvalue weighted by atomic mass is 16.2. The largest absolute Gasteiger partial charge is 0.360 e. The zero-order valence-electron chi connectivity index (χ0n) is 16.8. The van der Waals surface area contributed by atoms with E-state index >= 15 is 0 Å². The van der Waals surface area contributed by atoms with Gasteiger partial charge in [-0.15, -0.1) is 0 Å². The van der Waals surface area contributed by atoms with Gasteiger partial charge in [-0.3, -0.25) is 4.79 Å². The zero-order chi connectivity index (χ0) is 20.9. The second-order valence-electron chi connectivity index (χ2n) is 7.18. The molecule has 0 atom stereocenters. The fraction of sp³-hybridized carbons (Fsp3) is 0.227. The van der Waals surface area contributed by atoms with Gasteiger partial charge in [0.05, 0.1) is 12.2 Å². The molecule has 1 fully saturated rings. The molecular weight excluding hydrogens is 380 g/mol. The first kappa shape index (κ1) is 19.5. The van der Waals surface area contributed by atoms with E-state index < -0.39 is 0 Å². The number of nitrogens with one attached hydrogen (secondary N) is 3. The lowest BCUT2D eigenvalue weighted by Crippen LogP contribution is -2.47. The molecule has 154 valence electrons. The van der Waals surface area contributed by atoms with Gasteiger partial charge in [0, 0.05) is 42.9 Å². The molecule has 0 spiro atoms. The van der Waals surface area contributed by atoms with Crippen molar-refractivity contribution in [2.75, 3.05) is 29.9 Å². The topological polar surface area (TPSA) is 91.3 Å². The van der Waals surface area contributed by atoms with Crippen molar-refractivity contribution in [3.63, 3.8) is 0 Å². The van der Waals surface area contributed by atoms with Gasteiger partial charge >= 0.3 is 6.03 Å². The number of hydrogen-bond acceptors (Lipinski definition) is 4. The van der Waals surface area contributed by atoms with Crippen LogP contribution in [0.2, 0.25) is 0 Å². The van der Waals surface area contributed by atoms with E-state index in [4.69, 9.17) is 0 Å². The van der Waals surface area contributed by atoms with Crippen LogP contribution in [0.4, 0.5) is 16.2 Å². The lowest BCUT2D eigenvalue weighted by molar-refractivity contribution is -0.120. The molecule has 0 radical (unpaired) electrons. The van der Waals surface area contributed by atoms with Gasteiger partial charge < -0.3 is 20.9 Å². The summed E-state index contributed by atoms with van der Waals surface area (Å²) in [6.45, 7) is 4.21. The summed E-state index contributed by atoms with van der Waals surface area (Å²) in [5, 5.41) is 12.8. The Hall–Kier alpha value is -3.81. The van der Waals surface area contributed by atoms with Crippen LogP contribution < -0.4 is 20.9 Å². The summed E-state index contributed by atoms with van der Waals surface area (Å²) < 4.78 is 1.82. The molecule has 0 saturated carbocycles.